The lowest BCUT2D eigenvalue weighted by Crippen LogP contribution is -2.47. The molecule has 20 heavy (non-hydrogen) atoms. The first-order valence-corrected chi connectivity index (χ1v) is 6.68. The van der Waals surface area contributed by atoms with Crippen molar-refractivity contribution in [1.82, 2.24) is 5.32 Å². The second kappa shape index (κ2) is 7.23. The van der Waals surface area contributed by atoms with Gasteiger partial charge in [-0.3, -0.25) is 9.59 Å². The quantitative estimate of drug-likeness (QED) is 0.577. The topological polar surface area (TPSA) is 113 Å². The van der Waals surface area contributed by atoms with Crippen molar-refractivity contribution in [2.24, 2.45) is 0 Å². The van der Waals surface area contributed by atoms with E-state index in [-0.39, 0.29) is 31.6 Å². The molecule has 1 fully saturated rings. The molecule has 0 spiro atoms. The maximum Gasteiger partial charge on any atom is 0.326 e. The summed E-state index contributed by atoms with van der Waals surface area (Å²) in [6.07, 6.45) is 2.95. The van der Waals surface area contributed by atoms with Gasteiger partial charge < -0.3 is 20.3 Å². The maximum atomic E-state index is 11.9. The zero-order valence-corrected chi connectivity index (χ0v) is 11.6. The normalized spacial score (nSPS) is 17.9. The number of amides is 1. The van der Waals surface area contributed by atoms with Crippen molar-refractivity contribution in [2.75, 3.05) is 7.11 Å². The second-order valence-corrected chi connectivity index (χ2v) is 5.16. The third-order valence-electron chi connectivity index (χ3n) is 3.70. The first-order valence-electron chi connectivity index (χ1n) is 6.68. The van der Waals surface area contributed by atoms with Gasteiger partial charge in [0.2, 0.25) is 5.91 Å². The fourth-order valence-electron chi connectivity index (χ4n) is 2.28. The molecule has 0 aromatic heterocycles. The molecular weight excluding hydrogens is 266 g/mol. The minimum Gasteiger partial charge on any atom is -0.481 e. The number of carbonyl (C=O) groups is 3. The molecule has 0 heterocycles. The number of nitrogens with one attached hydrogen (secondary N) is 1. The SMILES string of the molecule is COC1(CC(=O)N[C@H](CCCC(=O)O)C(=O)O)CCC1. The van der Waals surface area contributed by atoms with Gasteiger partial charge in [0.25, 0.3) is 0 Å². The molecule has 0 bridgehead atoms. The van der Waals surface area contributed by atoms with Crippen LogP contribution in [0.25, 0.3) is 0 Å². The number of methoxy groups -OCH3 is 1. The Morgan fingerprint density at radius 1 is 1.30 bits per heavy atom. The van der Waals surface area contributed by atoms with Gasteiger partial charge in [-0.25, -0.2) is 4.79 Å². The summed E-state index contributed by atoms with van der Waals surface area (Å²) in [4.78, 5) is 33.3. The van der Waals surface area contributed by atoms with Crippen LogP contribution in [-0.2, 0) is 19.1 Å². The second-order valence-electron chi connectivity index (χ2n) is 5.16. The largest absolute Gasteiger partial charge is 0.481 e. The highest BCUT2D eigenvalue weighted by atomic mass is 16.5. The number of aliphatic carboxylic acids is 2. The monoisotopic (exact) mass is 287 g/mol. The van der Waals surface area contributed by atoms with Crippen LogP contribution >= 0.6 is 0 Å². The van der Waals surface area contributed by atoms with Gasteiger partial charge in [-0.2, -0.15) is 0 Å². The molecule has 1 atom stereocenters. The van der Waals surface area contributed by atoms with Gasteiger partial charge in [0, 0.05) is 13.5 Å². The summed E-state index contributed by atoms with van der Waals surface area (Å²) in [5.74, 6) is -2.49. The van der Waals surface area contributed by atoms with Gasteiger partial charge in [-0.05, 0) is 32.1 Å². The van der Waals surface area contributed by atoms with Crippen LogP contribution in [0.2, 0.25) is 0 Å². The van der Waals surface area contributed by atoms with E-state index in [1.54, 1.807) is 7.11 Å². The Hall–Kier alpha value is -1.63. The highest BCUT2D eigenvalue weighted by Crippen LogP contribution is 2.37. The van der Waals surface area contributed by atoms with E-state index < -0.39 is 23.6 Å². The maximum absolute atomic E-state index is 11.9. The van der Waals surface area contributed by atoms with E-state index in [0.717, 1.165) is 19.3 Å². The Balaban J connectivity index is 2.42. The molecule has 7 nitrogen and oxygen atoms in total. The Kier molecular flexibility index (Phi) is 5.94. The van der Waals surface area contributed by atoms with Crippen LogP contribution in [0.3, 0.4) is 0 Å². The van der Waals surface area contributed by atoms with E-state index in [1.165, 1.54) is 0 Å². The lowest BCUT2D eigenvalue weighted by atomic mass is 9.77. The third-order valence-corrected chi connectivity index (χ3v) is 3.70. The van der Waals surface area contributed by atoms with Crippen molar-refractivity contribution in [3.63, 3.8) is 0 Å². The molecule has 0 unspecified atom stereocenters. The number of hydrogen-bond acceptors (Lipinski definition) is 4. The number of hydrogen-bond donors (Lipinski definition) is 3. The number of carbonyl (C=O) groups excluding carboxylic acids is 1. The first-order chi connectivity index (χ1) is 9.38. The highest BCUT2D eigenvalue weighted by molar-refractivity contribution is 5.84. The van der Waals surface area contributed by atoms with E-state index >= 15 is 0 Å². The Morgan fingerprint density at radius 2 is 1.95 bits per heavy atom. The Morgan fingerprint density at radius 3 is 2.35 bits per heavy atom. The zero-order valence-electron chi connectivity index (χ0n) is 11.6. The molecule has 1 aliphatic carbocycles. The van der Waals surface area contributed by atoms with Crippen molar-refractivity contribution in [2.45, 2.75) is 56.6 Å². The third kappa shape index (κ3) is 4.80. The molecule has 114 valence electrons. The summed E-state index contributed by atoms with van der Waals surface area (Å²) in [5, 5.41) is 20.0. The van der Waals surface area contributed by atoms with Crippen molar-refractivity contribution < 1.29 is 29.3 Å². The summed E-state index contributed by atoms with van der Waals surface area (Å²) in [5.41, 5.74) is -0.450. The summed E-state index contributed by atoms with van der Waals surface area (Å²) in [6.45, 7) is 0. The van der Waals surface area contributed by atoms with Crippen LogP contribution in [0.5, 0.6) is 0 Å². The van der Waals surface area contributed by atoms with E-state index in [1.807, 2.05) is 0 Å². The van der Waals surface area contributed by atoms with Gasteiger partial charge in [0.05, 0.1) is 12.0 Å². The molecule has 1 aliphatic rings. The van der Waals surface area contributed by atoms with Crippen LogP contribution < -0.4 is 5.32 Å². The van der Waals surface area contributed by atoms with Crippen molar-refractivity contribution in [3.05, 3.63) is 0 Å². The van der Waals surface area contributed by atoms with Gasteiger partial charge in [-0.1, -0.05) is 0 Å². The lowest BCUT2D eigenvalue weighted by molar-refractivity contribution is -0.145. The number of ether oxygens (including phenoxy) is 1. The standard InChI is InChI=1S/C13H21NO6/c1-20-13(6-3-7-13)8-10(15)14-9(12(18)19)4-2-5-11(16)17/h9H,2-8H2,1H3,(H,14,15)(H,16,17)(H,18,19)/t9-/m1/s1. The highest BCUT2D eigenvalue weighted by Gasteiger charge is 2.39. The van der Waals surface area contributed by atoms with Gasteiger partial charge in [-0.15, -0.1) is 0 Å². The predicted molar refractivity (Wildman–Crippen MR) is 69.3 cm³/mol. The number of carboxylic acid groups (broad SMARTS) is 2. The summed E-state index contributed by atoms with van der Waals surface area (Å²) in [6, 6.07) is -1.05. The molecule has 3 N–H and O–H groups in total. The van der Waals surface area contributed by atoms with Crippen LogP contribution in [-0.4, -0.2) is 46.8 Å². The Bertz CT molecular complexity index is 372. The lowest BCUT2D eigenvalue weighted by Gasteiger charge is -2.40. The minimum absolute atomic E-state index is 0.105. The molecule has 1 saturated carbocycles. The molecule has 7 heteroatoms. The van der Waals surface area contributed by atoms with Crippen LogP contribution in [0.15, 0.2) is 0 Å². The fourth-order valence-corrected chi connectivity index (χ4v) is 2.28. The Labute approximate surface area is 117 Å². The molecule has 0 aromatic rings. The summed E-state index contributed by atoms with van der Waals surface area (Å²) >= 11 is 0. The van der Waals surface area contributed by atoms with E-state index in [2.05, 4.69) is 5.32 Å². The molecule has 0 radical (unpaired) electrons. The zero-order chi connectivity index (χ0) is 15.2. The molecule has 0 aliphatic heterocycles. The smallest absolute Gasteiger partial charge is 0.326 e. The molecule has 1 rings (SSSR count). The number of carboxylic acids is 2. The molecule has 1 amide bonds. The first kappa shape index (κ1) is 16.4. The predicted octanol–water partition coefficient (Wildman–Crippen LogP) is 0.770. The van der Waals surface area contributed by atoms with Crippen molar-refractivity contribution >= 4 is 17.8 Å². The minimum atomic E-state index is -1.15. The van der Waals surface area contributed by atoms with Gasteiger partial charge >= 0.3 is 11.9 Å². The summed E-state index contributed by atoms with van der Waals surface area (Å²) in [7, 11) is 1.55. The van der Waals surface area contributed by atoms with E-state index in [9.17, 15) is 14.4 Å². The van der Waals surface area contributed by atoms with Crippen molar-refractivity contribution in [3.8, 4) is 0 Å². The van der Waals surface area contributed by atoms with E-state index in [0.29, 0.717) is 0 Å². The molecular formula is C13H21NO6. The average Bonchev–Trinajstić information content (AvgIpc) is 2.32. The molecule has 0 aromatic carbocycles. The summed E-state index contributed by atoms with van der Waals surface area (Å²) < 4.78 is 5.31. The average molecular weight is 287 g/mol. The number of rotatable bonds is 9. The van der Waals surface area contributed by atoms with Crippen LogP contribution in [0, 0.1) is 0 Å². The van der Waals surface area contributed by atoms with Gasteiger partial charge in [0.1, 0.15) is 6.04 Å². The van der Waals surface area contributed by atoms with E-state index in [4.69, 9.17) is 14.9 Å². The van der Waals surface area contributed by atoms with Crippen LogP contribution in [0.4, 0.5) is 0 Å². The fraction of sp³-hybridized carbons (Fsp3) is 0.769. The van der Waals surface area contributed by atoms with Crippen LogP contribution in [0.1, 0.15) is 44.9 Å². The van der Waals surface area contributed by atoms with Gasteiger partial charge in [0.15, 0.2) is 0 Å². The molecule has 0 saturated heterocycles. The van der Waals surface area contributed by atoms with Crippen molar-refractivity contribution in [1.29, 1.82) is 0 Å².